The number of ether oxygens (including phenoxy) is 1. The molecule has 100 valence electrons. The van der Waals surface area contributed by atoms with Gasteiger partial charge in [0, 0.05) is 45.0 Å². The van der Waals surface area contributed by atoms with Crippen LogP contribution in [0.4, 0.5) is 10.2 Å². The summed E-state index contributed by atoms with van der Waals surface area (Å²) >= 11 is 0. The summed E-state index contributed by atoms with van der Waals surface area (Å²) in [6.07, 6.45) is 4.06. The fraction of sp³-hybridized carbons (Fsp3) is 0.615. The van der Waals surface area contributed by atoms with E-state index in [0.717, 1.165) is 0 Å². The van der Waals surface area contributed by atoms with Crippen molar-refractivity contribution in [1.29, 1.82) is 0 Å². The third-order valence-corrected chi connectivity index (χ3v) is 3.10. The Morgan fingerprint density at radius 3 is 3.00 bits per heavy atom. The average Bonchev–Trinajstić information content (AvgIpc) is 3.19. The van der Waals surface area contributed by atoms with E-state index in [-0.39, 0.29) is 5.82 Å². The minimum absolute atomic E-state index is 0.232. The molecule has 0 bridgehead atoms. The third-order valence-electron chi connectivity index (χ3n) is 3.10. The quantitative estimate of drug-likeness (QED) is 0.800. The maximum absolute atomic E-state index is 14.2. The number of anilines is 1. The summed E-state index contributed by atoms with van der Waals surface area (Å²) in [5.74, 6) is 0.159. The van der Waals surface area contributed by atoms with E-state index >= 15 is 0 Å². The van der Waals surface area contributed by atoms with E-state index in [1.165, 1.54) is 12.8 Å². The molecule has 5 heteroatoms. The number of hydrogen-bond donors (Lipinski definition) is 1. The van der Waals surface area contributed by atoms with E-state index in [4.69, 9.17) is 4.74 Å². The molecule has 18 heavy (non-hydrogen) atoms. The minimum atomic E-state index is -0.232. The second-order valence-electron chi connectivity index (χ2n) is 4.68. The van der Waals surface area contributed by atoms with Crippen molar-refractivity contribution in [1.82, 2.24) is 10.3 Å². The molecule has 0 aliphatic heterocycles. The van der Waals surface area contributed by atoms with Gasteiger partial charge in [-0.05, 0) is 18.9 Å². The molecule has 0 spiro atoms. The van der Waals surface area contributed by atoms with Gasteiger partial charge in [-0.2, -0.15) is 0 Å². The molecule has 1 aromatic rings. The van der Waals surface area contributed by atoms with Crippen LogP contribution in [0.25, 0.3) is 0 Å². The molecule has 1 saturated carbocycles. The molecule has 1 aliphatic rings. The Morgan fingerprint density at radius 2 is 2.33 bits per heavy atom. The molecule has 1 aromatic heterocycles. The first-order valence-electron chi connectivity index (χ1n) is 6.29. The highest BCUT2D eigenvalue weighted by Crippen LogP contribution is 2.22. The Labute approximate surface area is 107 Å². The summed E-state index contributed by atoms with van der Waals surface area (Å²) in [6.45, 7) is 1.76. The van der Waals surface area contributed by atoms with Gasteiger partial charge in [0.15, 0.2) is 11.6 Å². The van der Waals surface area contributed by atoms with Crippen molar-refractivity contribution in [2.75, 3.05) is 32.2 Å². The fourth-order valence-corrected chi connectivity index (χ4v) is 1.75. The number of aromatic nitrogens is 1. The van der Waals surface area contributed by atoms with E-state index in [0.29, 0.717) is 37.1 Å². The number of likely N-dealkylation sites (N-methyl/N-ethyl adjacent to an activating group) is 1. The first-order valence-corrected chi connectivity index (χ1v) is 6.29. The van der Waals surface area contributed by atoms with Crippen LogP contribution >= 0.6 is 0 Å². The van der Waals surface area contributed by atoms with Crippen LogP contribution in [0.15, 0.2) is 12.3 Å². The summed E-state index contributed by atoms with van der Waals surface area (Å²) in [6, 6.07) is 2.31. The molecule has 4 nitrogen and oxygen atoms in total. The second-order valence-corrected chi connectivity index (χ2v) is 4.68. The van der Waals surface area contributed by atoms with Crippen molar-refractivity contribution in [3.63, 3.8) is 0 Å². The van der Waals surface area contributed by atoms with Gasteiger partial charge < -0.3 is 15.0 Å². The van der Waals surface area contributed by atoms with E-state index in [9.17, 15) is 4.39 Å². The van der Waals surface area contributed by atoms with Crippen LogP contribution in [0.5, 0.6) is 0 Å². The van der Waals surface area contributed by atoms with Crippen LogP contribution in [-0.2, 0) is 11.3 Å². The largest absolute Gasteiger partial charge is 0.383 e. The monoisotopic (exact) mass is 253 g/mol. The Kier molecular flexibility index (Phi) is 4.49. The lowest BCUT2D eigenvalue weighted by molar-refractivity contribution is 0.206. The minimum Gasteiger partial charge on any atom is -0.383 e. The molecule has 0 atom stereocenters. The summed E-state index contributed by atoms with van der Waals surface area (Å²) in [4.78, 5) is 5.88. The zero-order valence-corrected chi connectivity index (χ0v) is 10.9. The van der Waals surface area contributed by atoms with Crippen molar-refractivity contribution >= 4 is 5.82 Å². The van der Waals surface area contributed by atoms with Gasteiger partial charge in [0.2, 0.25) is 0 Å². The normalized spacial score (nSPS) is 14.8. The number of pyridine rings is 1. The summed E-state index contributed by atoms with van der Waals surface area (Å²) < 4.78 is 19.2. The van der Waals surface area contributed by atoms with E-state index in [2.05, 4.69) is 10.3 Å². The molecule has 0 unspecified atom stereocenters. The van der Waals surface area contributed by atoms with Crippen LogP contribution in [0.3, 0.4) is 0 Å². The van der Waals surface area contributed by atoms with Crippen LogP contribution in [0, 0.1) is 5.82 Å². The second kappa shape index (κ2) is 6.11. The van der Waals surface area contributed by atoms with Gasteiger partial charge >= 0.3 is 0 Å². The number of hydrogen-bond acceptors (Lipinski definition) is 4. The van der Waals surface area contributed by atoms with E-state index in [1.54, 1.807) is 24.3 Å². The Hall–Kier alpha value is -1.20. The maximum atomic E-state index is 14.2. The zero-order valence-electron chi connectivity index (χ0n) is 10.9. The van der Waals surface area contributed by atoms with Crippen LogP contribution in [-0.4, -0.2) is 38.3 Å². The molecule has 1 N–H and O–H groups in total. The molecule has 0 saturated heterocycles. The number of nitrogens with zero attached hydrogens (tertiary/aromatic N) is 2. The Balaban J connectivity index is 2.02. The van der Waals surface area contributed by atoms with Crippen molar-refractivity contribution < 1.29 is 9.13 Å². The van der Waals surface area contributed by atoms with E-state index < -0.39 is 0 Å². The molecular formula is C13H20FN3O. The average molecular weight is 253 g/mol. The zero-order chi connectivity index (χ0) is 13.0. The van der Waals surface area contributed by atoms with Gasteiger partial charge in [0.1, 0.15) is 0 Å². The number of nitrogens with one attached hydrogen (secondary N) is 1. The SMILES string of the molecule is COCCN(C)c1nccc(CNC2CC2)c1F. The lowest BCUT2D eigenvalue weighted by Crippen LogP contribution is -2.25. The van der Waals surface area contributed by atoms with Gasteiger partial charge in [-0.3, -0.25) is 0 Å². The van der Waals surface area contributed by atoms with Crippen molar-refractivity contribution in [3.05, 3.63) is 23.6 Å². The Morgan fingerprint density at radius 1 is 1.56 bits per heavy atom. The van der Waals surface area contributed by atoms with Gasteiger partial charge in [0.25, 0.3) is 0 Å². The van der Waals surface area contributed by atoms with Gasteiger partial charge in [-0.1, -0.05) is 0 Å². The molecule has 0 radical (unpaired) electrons. The lowest BCUT2D eigenvalue weighted by atomic mass is 10.2. The van der Waals surface area contributed by atoms with E-state index in [1.807, 2.05) is 7.05 Å². The predicted molar refractivity (Wildman–Crippen MR) is 69.2 cm³/mol. The molecular weight excluding hydrogens is 233 g/mol. The van der Waals surface area contributed by atoms with Crippen LogP contribution in [0.1, 0.15) is 18.4 Å². The predicted octanol–water partition coefficient (Wildman–Crippen LogP) is 1.56. The first kappa shape index (κ1) is 13.2. The Bertz CT molecular complexity index is 396. The molecule has 1 fully saturated rings. The van der Waals surface area contributed by atoms with Crippen molar-refractivity contribution in [3.8, 4) is 0 Å². The molecule has 1 aliphatic carbocycles. The fourth-order valence-electron chi connectivity index (χ4n) is 1.75. The summed E-state index contributed by atoms with van der Waals surface area (Å²) in [5.41, 5.74) is 0.677. The van der Waals surface area contributed by atoms with Crippen LogP contribution in [0.2, 0.25) is 0 Å². The highest BCUT2D eigenvalue weighted by molar-refractivity contribution is 5.42. The van der Waals surface area contributed by atoms with Gasteiger partial charge in [-0.15, -0.1) is 0 Å². The number of halogens is 1. The van der Waals surface area contributed by atoms with Gasteiger partial charge in [-0.25, -0.2) is 9.37 Å². The van der Waals surface area contributed by atoms with Crippen molar-refractivity contribution in [2.24, 2.45) is 0 Å². The number of methoxy groups -OCH3 is 1. The van der Waals surface area contributed by atoms with Crippen molar-refractivity contribution in [2.45, 2.75) is 25.4 Å². The molecule has 0 aromatic carbocycles. The topological polar surface area (TPSA) is 37.4 Å². The van der Waals surface area contributed by atoms with Crippen LogP contribution < -0.4 is 10.2 Å². The highest BCUT2D eigenvalue weighted by atomic mass is 19.1. The summed E-state index contributed by atoms with van der Waals surface area (Å²) in [7, 11) is 3.45. The maximum Gasteiger partial charge on any atom is 0.170 e. The molecule has 1 heterocycles. The third kappa shape index (κ3) is 3.40. The highest BCUT2D eigenvalue weighted by Gasteiger charge is 2.21. The first-order chi connectivity index (χ1) is 8.72. The summed E-state index contributed by atoms with van der Waals surface area (Å²) in [5, 5.41) is 3.31. The standard InChI is InChI=1S/C13H20FN3O/c1-17(7-8-18-2)13-12(14)10(5-6-15-13)9-16-11-3-4-11/h5-6,11,16H,3-4,7-9H2,1-2H3. The molecule has 0 amide bonds. The van der Waals surface area contributed by atoms with Gasteiger partial charge in [0.05, 0.1) is 6.61 Å². The number of rotatable bonds is 7. The smallest absolute Gasteiger partial charge is 0.170 e. The molecule has 2 rings (SSSR count). The lowest BCUT2D eigenvalue weighted by Gasteiger charge is -2.19.